The summed E-state index contributed by atoms with van der Waals surface area (Å²) in [5.41, 5.74) is 2.22. The molecule has 28 heavy (non-hydrogen) atoms. The van der Waals surface area contributed by atoms with Crippen molar-refractivity contribution in [3.63, 3.8) is 0 Å². The van der Waals surface area contributed by atoms with Crippen LogP contribution in [0.2, 0.25) is 5.02 Å². The molecule has 0 radical (unpaired) electrons. The number of methoxy groups -OCH3 is 1. The summed E-state index contributed by atoms with van der Waals surface area (Å²) in [5.74, 6) is 0.485. The van der Waals surface area contributed by atoms with E-state index in [0.29, 0.717) is 36.1 Å². The number of rotatable bonds is 5. The fourth-order valence-electron chi connectivity index (χ4n) is 3.22. The molecule has 0 aliphatic carbocycles. The number of thiophene rings is 1. The molecule has 0 bridgehead atoms. The number of hydrogen-bond donors (Lipinski definition) is 1. The van der Waals surface area contributed by atoms with E-state index in [0.717, 1.165) is 24.1 Å². The summed E-state index contributed by atoms with van der Waals surface area (Å²) < 4.78 is 5.31. The molecule has 2 aromatic rings. The second-order valence-corrected chi connectivity index (χ2v) is 7.97. The molecule has 0 atom stereocenters. The van der Waals surface area contributed by atoms with Crippen molar-refractivity contribution < 1.29 is 14.3 Å². The number of nitrogens with zero attached hydrogens (tertiary/aromatic N) is 2. The smallest absolute Gasteiger partial charge is 0.254 e. The van der Waals surface area contributed by atoms with E-state index in [4.69, 9.17) is 16.3 Å². The van der Waals surface area contributed by atoms with Gasteiger partial charge < -0.3 is 15.0 Å². The average Bonchev–Trinajstić information content (AvgIpc) is 3.11. The van der Waals surface area contributed by atoms with Gasteiger partial charge in [0.2, 0.25) is 5.91 Å². The molecule has 8 heteroatoms. The Morgan fingerprint density at radius 3 is 2.79 bits per heavy atom. The van der Waals surface area contributed by atoms with Gasteiger partial charge in [0.25, 0.3) is 5.91 Å². The van der Waals surface area contributed by atoms with E-state index < -0.39 is 0 Å². The van der Waals surface area contributed by atoms with E-state index in [1.807, 2.05) is 34.7 Å². The Morgan fingerprint density at radius 2 is 2.07 bits per heavy atom. The van der Waals surface area contributed by atoms with Crippen LogP contribution in [0.4, 0.5) is 5.69 Å². The number of halogens is 1. The van der Waals surface area contributed by atoms with Gasteiger partial charge >= 0.3 is 0 Å². The molecule has 1 N–H and O–H groups in total. The average molecular weight is 422 g/mol. The maximum absolute atomic E-state index is 12.5. The number of amides is 2. The fraction of sp³-hybridized carbons (Fsp3) is 0.400. The zero-order valence-corrected chi connectivity index (χ0v) is 17.6. The van der Waals surface area contributed by atoms with E-state index in [-0.39, 0.29) is 18.4 Å². The summed E-state index contributed by atoms with van der Waals surface area (Å²) >= 11 is 7.64. The summed E-state index contributed by atoms with van der Waals surface area (Å²) in [7, 11) is 1.55. The van der Waals surface area contributed by atoms with Gasteiger partial charge in [0.15, 0.2) is 0 Å². The van der Waals surface area contributed by atoms with Crippen molar-refractivity contribution in [2.75, 3.05) is 45.2 Å². The van der Waals surface area contributed by atoms with Crippen LogP contribution in [0.25, 0.3) is 0 Å². The lowest BCUT2D eigenvalue weighted by molar-refractivity contribution is -0.117. The number of hydrogen-bond acceptors (Lipinski definition) is 5. The Balaban J connectivity index is 1.56. The van der Waals surface area contributed by atoms with Gasteiger partial charge in [0.1, 0.15) is 5.75 Å². The highest BCUT2D eigenvalue weighted by atomic mass is 35.5. The third kappa shape index (κ3) is 5.04. The third-order valence-electron chi connectivity index (χ3n) is 4.77. The topological polar surface area (TPSA) is 61.9 Å². The zero-order chi connectivity index (χ0) is 20.1. The van der Waals surface area contributed by atoms with E-state index in [1.54, 1.807) is 13.2 Å². The molecule has 1 aromatic carbocycles. The minimum Gasteiger partial charge on any atom is -0.495 e. The molecule has 3 rings (SSSR count). The van der Waals surface area contributed by atoms with Gasteiger partial charge in [0.05, 0.1) is 24.9 Å². The molecule has 150 valence electrons. The van der Waals surface area contributed by atoms with Crippen LogP contribution in [-0.2, 0) is 4.79 Å². The van der Waals surface area contributed by atoms with E-state index >= 15 is 0 Å². The maximum atomic E-state index is 12.5. The van der Waals surface area contributed by atoms with Crippen LogP contribution < -0.4 is 10.1 Å². The van der Waals surface area contributed by atoms with Crippen molar-refractivity contribution in [2.45, 2.75) is 13.3 Å². The molecule has 1 saturated heterocycles. The number of carbonyl (C=O) groups excluding carboxylic acids is 2. The largest absolute Gasteiger partial charge is 0.495 e. The first-order valence-corrected chi connectivity index (χ1v) is 10.5. The number of aryl methyl sites for hydroxylation is 1. The summed E-state index contributed by atoms with van der Waals surface area (Å²) in [6.07, 6.45) is 0.840. The zero-order valence-electron chi connectivity index (χ0n) is 16.0. The fourth-order valence-corrected chi connectivity index (χ4v) is 4.01. The van der Waals surface area contributed by atoms with Gasteiger partial charge in [-0.3, -0.25) is 14.5 Å². The van der Waals surface area contributed by atoms with E-state index in [2.05, 4.69) is 10.2 Å². The first kappa shape index (κ1) is 20.6. The molecule has 1 aliphatic heterocycles. The van der Waals surface area contributed by atoms with Gasteiger partial charge in [-0.2, -0.15) is 11.3 Å². The Morgan fingerprint density at radius 1 is 1.25 bits per heavy atom. The van der Waals surface area contributed by atoms with E-state index in [9.17, 15) is 9.59 Å². The van der Waals surface area contributed by atoms with Gasteiger partial charge in [-0.15, -0.1) is 0 Å². The van der Waals surface area contributed by atoms with Crippen LogP contribution in [0.1, 0.15) is 22.3 Å². The van der Waals surface area contributed by atoms with Crippen molar-refractivity contribution in [1.82, 2.24) is 9.80 Å². The van der Waals surface area contributed by atoms with Crippen molar-refractivity contribution in [2.24, 2.45) is 0 Å². The Bertz CT molecular complexity index is 841. The van der Waals surface area contributed by atoms with Crippen molar-refractivity contribution in [3.05, 3.63) is 45.1 Å². The minimum atomic E-state index is -0.113. The molecule has 1 fully saturated rings. The SMILES string of the molecule is COc1cc(Cl)c(C)cc1NC(=O)CN1CCCN(C(=O)c2ccsc2)CC1. The highest BCUT2D eigenvalue weighted by molar-refractivity contribution is 7.08. The Kier molecular flexibility index (Phi) is 6.93. The molecule has 2 amide bonds. The number of nitrogens with one attached hydrogen (secondary N) is 1. The lowest BCUT2D eigenvalue weighted by atomic mass is 10.2. The van der Waals surface area contributed by atoms with Crippen molar-refractivity contribution in [3.8, 4) is 5.75 Å². The summed E-state index contributed by atoms with van der Waals surface area (Å²) in [5, 5.41) is 7.29. The minimum absolute atomic E-state index is 0.0638. The van der Waals surface area contributed by atoms with Crippen LogP contribution >= 0.6 is 22.9 Å². The molecule has 0 unspecified atom stereocenters. The van der Waals surface area contributed by atoms with Gasteiger partial charge in [-0.25, -0.2) is 0 Å². The van der Waals surface area contributed by atoms with Gasteiger partial charge in [-0.1, -0.05) is 11.6 Å². The van der Waals surface area contributed by atoms with Crippen LogP contribution in [0.15, 0.2) is 29.0 Å². The molecule has 0 spiro atoms. The lowest BCUT2D eigenvalue weighted by Crippen LogP contribution is -2.38. The third-order valence-corrected chi connectivity index (χ3v) is 5.86. The predicted octanol–water partition coefficient (Wildman–Crippen LogP) is 3.51. The number of ether oxygens (including phenoxy) is 1. The Labute approximate surface area is 174 Å². The second kappa shape index (κ2) is 9.41. The van der Waals surface area contributed by atoms with Crippen LogP contribution in [0.3, 0.4) is 0 Å². The van der Waals surface area contributed by atoms with Crippen LogP contribution in [0, 0.1) is 6.92 Å². The Hall–Kier alpha value is -2.09. The highest BCUT2D eigenvalue weighted by Crippen LogP contribution is 2.30. The predicted molar refractivity (Wildman–Crippen MR) is 113 cm³/mol. The van der Waals surface area contributed by atoms with Gasteiger partial charge in [0, 0.05) is 42.6 Å². The van der Waals surface area contributed by atoms with Crippen molar-refractivity contribution >= 4 is 40.4 Å². The molecular weight excluding hydrogens is 398 g/mol. The van der Waals surface area contributed by atoms with Crippen molar-refractivity contribution in [1.29, 1.82) is 0 Å². The summed E-state index contributed by atoms with van der Waals surface area (Å²) in [4.78, 5) is 29.0. The highest BCUT2D eigenvalue weighted by Gasteiger charge is 2.22. The molecule has 1 aliphatic rings. The summed E-state index contributed by atoms with van der Waals surface area (Å²) in [6.45, 7) is 4.91. The number of benzene rings is 1. The van der Waals surface area contributed by atoms with Crippen LogP contribution in [0.5, 0.6) is 5.75 Å². The first-order chi connectivity index (χ1) is 13.5. The normalized spacial score (nSPS) is 15.2. The van der Waals surface area contributed by atoms with Crippen LogP contribution in [-0.4, -0.2) is 61.4 Å². The molecule has 1 aromatic heterocycles. The molecule has 2 heterocycles. The monoisotopic (exact) mass is 421 g/mol. The molecular formula is C20H24ClN3O3S. The standard InChI is InChI=1S/C20H24ClN3O3S/c1-14-10-17(18(27-2)11-16(14)21)22-19(25)12-23-5-3-6-24(8-7-23)20(26)15-4-9-28-13-15/h4,9-11,13H,3,5-8,12H2,1-2H3,(H,22,25). The maximum Gasteiger partial charge on any atom is 0.254 e. The first-order valence-electron chi connectivity index (χ1n) is 9.15. The number of anilines is 1. The summed E-state index contributed by atoms with van der Waals surface area (Å²) in [6, 6.07) is 5.36. The second-order valence-electron chi connectivity index (χ2n) is 6.78. The molecule has 0 saturated carbocycles. The van der Waals surface area contributed by atoms with E-state index in [1.165, 1.54) is 11.3 Å². The molecule has 6 nitrogen and oxygen atoms in total. The number of carbonyl (C=O) groups is 2. The quantitative estimate of drug-likeness (QED) is 0.802. The lowest BCUT2D eigenvalue weighted by Gasteiger charge is -2.21. The van der Waals surface area contributed by atoms with Gasteiger partial charge in [-0.05, 0) is 36.4 Å².